The van der Waals surface area contributed by atoms with Crippen LogP contribution in [-0.2, 0) is 20.2 Å². The number of rotatable bonds is 6. The van der Waals surface area contributed by atoms with Crippen LogP contribution in [0.15, 0.2) is 86.7 Å². The molecule has 0 radical (unpaired) electrons. The molecular weight excluding hydrogens is 556 g/mol. The van der Waals surface area contributed by atoms with Crippen molar-refractivity contribution in [2.24, 2.45) is 10.2 Å². The Morgan fingerprint density at radius 1 is 0.842 bits per heavy atom. The number of nitrogens with one attached hydrogen (secondary N) is 1. The molecule has 1 aromatic heterocycles. The van der Waals surface area contributed by atoms with E-state index >= 15 is 0 Å². The summed E-state index contributed by atoms with van der Waals surface area (Å²) in [7, 11) is -9.76. The molecule has 15 heteroatoms. The van der Waals surface area contributed by atoms with Crippen molar-refractivity contribution in [1.29, 1.82) is 0 Å². The zero-order valence-electron chi connectivity index (χ0n) is 18.8. The largest absolute Gasteiger partial charge is 0.507 e. The maximum absolute atomic E-state index is 12.0. The third-order valence-corrected chi connectivity index (χ3v) is 8.01. The highest BCUT2D eigenvalue weighted by Crippen LogP contribution is 2.45. The molecule has 1 heterocycles. The molecular formula is C23H16N4O8S3. The molecule has 0 spiro atoms. The quantitative estimate of drug-likeness (QED) is 0.128. The minimum absolute atomic E-state index is 0.256. The van der Waals surface area contributed by atoms with Crippen LogP contribution in [0.2, 0.25) is 0 Å². The van der Waals surface area contributed by atoms with Crippen molar-refractivity contribution in [1.82, 2.24) is 4.98 Å². The Bertz CT molecular complexity index is 1940. The van der Waals surface area contributed by atoms with Crippen molar-refractivity contribution in [2.45, 2.75) is 9.79 Å². The summed E-state index contributed by atoms with van der Waals surface area (Å²) < 4.78 is 66.9. The van der Waals surface area contributed by atoms with Gasteiger partial charge in [-0.2, -0.15) is 21.9 Å². The van der Waals surface area contributed by atoms with Crippen molar-refractivity contribution in [3.8, 4) is 11.5 Å². The predicted octanol–water partition coefficient (Wildman–Crippen LogP) is 5.51. The molecule has 5 rings (SSSR count). The number of aromatic nitrogens is 1. The molecule has 0 aliphatic heterocycles. The van der Waals surface area contributed by atoms with E-state index in [2.05, 4.69) is 20.5 Å². The monoisotopic (exact) mass is 572 g/mol. The van der Waals surface area contributed by atoms with Crippen LogP contribution in [-0.4, -0.2) is 41.1 Å². The second kappa shape index (κ2) is 9.30. The lowest BCUT2D eigenvalue weighted by Crippen LogP contribution is -2.01. The van der Waals surface area contributed by atoms with Crippen LogP contribution in [0.5, 0.6) is 11.5 Å². The lowest BCUT2D eigenvalue weighted by molar-refractivity contribution is 0.457. The van der Waals surface area contributed by atoms with Crippen LogP contribution < -0.4 is 5.32 Å². The van der Waals surface area contributed by atoms with Crippen molar-refractivity contribution >= 4 is 74.8 Å². The number of phenols is 2. The molecule has 0 atom stereocenters. The molecule has 0 saturated heterocycles. The Balaban J connectivity index is 1.50. The van der Waals surface area contributed by atoms with Gasteiger partial charge >= 0.3 is 0 Å². The molecule has 0 aliphatic carbocycles. The third kappa shape index (κ3) is 5.00. The van der Waals surface area contributed by atoms with Crippen LogP contribution in [0, 0.1) is 0 Å². The highest BCUT2D eigenvalue weighted by molar-refractivity contribution is 7.86. The maximum atomic E-state index is 12.0. The van der Waals surface area contributed by atoms with Gasteiger partial charge in [0.2, 0.25) is 0 Å². The number of anilines is 2. The van der Waals surface area contributed by atoms with Crippen LogP contribution >= 0.6 is 11.3 Å². The summed E-state index contributed by atoms with van der Waals surface area (Å²) in [5.74, 6) is -1.66. The number of thiazole rings is 1. The third-order valence-electron chi connectivity index (χ3n) is 5.36. The van der Waals surface area contributed by atoms with E-state index in [1.54, 1.807) is 24.3 Å². The van der Waals surface area contributed by atoms with Gasteiger partial charge in [0.1, 0.15) is 16.3 Å². The molecule has 0 aliphatic rings. The zero-order valence-corrected chi connectivity index (χ0v) is 21.3. The summed E-state index contributed by atoms with van der Waals surface area (Å²) in [6.45, 7) is 0. The molecule has 194 valence electrons. The summed E-state index contributed by atoms with van der Waals surface area (Å²) in [6, 6.07) is 16.4. The number of phenolic OH excluding ortho intramolecular Hbond substituents is 2. The summed E-state index contributed by atoms with van der Waals surface area (Å²) in [6.07, 6.45) is 0. The first kappa shape index (κ1) is 25.5. The van der Waals surface area contributed by atoms with Crippen LogP contribution in [0.3, 0.4) is 0 Å². The molecule has 0 bridgehead atoms. The molecule has 4 aromatic carbocycles. The van der Waals surface area contributed by atoms with E-state index in [4.69, 9.17) is 0 Å². The van der Waals surface area contributed by atoms with Gasteiger partial charge in [-0.15, -0.1) is 5.11 Å². The van der Waals surface area contributed by atoms with E-state index < -0.39 is 47.2 Å². The zero-order chi connectivity index (χ0) is 27.2. The number of benzene rings is 4. The Morgan fingerprint density at radius 3 is 2.21 bits per heavy atom. The van der Waals surface area contributed by atoms with E-state index in [1.165, 1.54) is 11.3 Å². The molecule has 0 unspecified atom stereocenters. The van der Waals surface area contributed by atoms with Gasteiger partial charge in [0.05, 0.1) is 26.2 Å². The fourth-order valence-electron chi connectivity index (χ4n) is 3.65. The fraction of sp³-hybridized carbons (Fsp3) is 0. The summed E-state index contributed by atoms with van der Waals surface area (Å²) in [5, 5.41) is 31.8. The minimum Gasteiger partial charge on any atom is -0.507 e. The summed E-state index contributed by atoms with van der Waals surface area (Å²) in [5.41, 5.74) is 1.11. The predicted molar refractivity (Wildman–Crippen MR) is 140 cm³/mol. The van der Waals surface area contributed by atoms with Gasteiger partial charge in [-0.3, -0.25) is 9.11 Å². The van der Waals surface area contributed by atoms with E-state index in [-0.39, 0.29) is 16.5 Å². The standard InChI is InChI=1S/C23H16N4O8S3/c28-17-11-15(37(30,31)32)9-12-10-19(38(33,34)35)21(22(29)20(12)17)27-26-14-7-5-13(6-8-14)24-23-25-16-3-1-2-4-18(16)36-23/h1-11,28-29H,(H,24,25)(H,30,31,32)(H,33,34,35). The lowest BCUT2D eigenvalue weighted by atomic mass is 10.1. The Kier molecular flexibility index (Phi) is 6.24. The highest BCUT2D eigenvalue weighted by Gasteiger charge is 2.25. The van der Waals surface area contributed by atoms with Crippen LogP contribution in [0.4, 0.5) is 22.2 Å². The minimum atomic E-state index is -4.99. The number of hydrogen-bond acceptors (Lipinski definition) is 11. The van der Waals surface area contributed by atoms with E-state index in [9.17, 15) is 36.2 Å². The number of nitrogens with zero attached hydrogens (tertiary/aromatic N) is 3. The summed E-state index contributed by atoms with van der Waals surface area (Å²) in [4.78, 5) is 2.84. The summed E-state index contributed by atoms with van der Waals surface area (Å²) >= 11 is 1.47. The molecule has 12 nitrogen and oxygen atoms in total. The number of aromatic hydroxyl groups is 2. The molecule has 38 heavy (non-hydrogen) atoms. The van der Waals surface area contributed by atoms with Gasteiger partial charge < -0.3 is 15.5 Å². The van der Waals surface area contributed by atoms with Gasteiger partial charge in [-0.25, -0.2) is 4.98 Å². The van der Waals surface area contributed by atoms with Crippen molar-refractivity contribution < 1.29 is 36.2 Å². The average Bonchev–Trinajstić information content (AvgIpc) is 3.25. The van der Waals surface area contributed by atoms with Crippen molar-refractivity contribution in [3.05, 3.63) is 66.7 Å². The average molecular weight is 573 g/mol. The number of para-hydroxylation sites is 1. The van der Waals surface area contributed by atoms with Gasteiger partial charge in [0.25, 0.3) is 20.2 Å². The molecule has 0 amide bonds. The molecule has 0 saturated carbocycles. The van der Waals surface area contributed by atoms with Gasteiger partial charge in [-0.1, -0.05) is 23.5 Å². The first-order chi connectivity index (χ1) is 17.9. The Hall–Kier alpha value is -4.15. The fourth-order valence-corrected chi connectivity index (χ4v) is 5.73. The van der Waals surface area contributed by atoms with Gasteiger partial charge in [-0.05, 0) is 53.9 Å². The lowest BCUT2D eigenvalue weighted by Gasteiger charge is -2.11. The molecule has 5 N–H and O–H groups in total. The van der Waals surface area contributed by atoms with Gasteiger partial charge in [0.15, 0.2) is 10.9 Å². The first-order valence-electron chi connectivity index (χ1n) is 10.5. The van der Waals surface area contributed by atoms with Crippen molar-refractivity contribution in [3.63, 3.8) is 0 Å². The van der Waals surface area contributed by atoms with E-state index in [0.29, 0.717) is 16.9 Å². The smallest absolute Gasteiger partial charge is 0.296 e. The Morgan fingerprint density at radius 2 is 1.55 bits per heavy atom. The normalized spacial score (nSPS) is 12.5. The SMILES string of the molecule is O=S(=O)(O)c1cc(O)c2c(O)c(N=Nc3ccc(Nc4nc5ccccc5s4)cc3)c(S(=O)(=O)O)cc2c1. The highest BCUT2D eigenvalue weighted by atomic mass is 32.2. The van der Waals surface area contributed by atoms with E-state index in [1.807, 2.05) is 24.3 Å². The number of azo groups is 1. The number of hydrogen-bond donors (Lipinski definition) is 5. The second-order valence-corrected chi connectivity index (χ2v) is 11.8. The Labute approximate surface area is 219 Å². The van der Waals surface area contributed by atoms with Crippen LogP contribution in [0.1, 0.15) is 0 Å². The molecule has 0 fully saturated rings. The second-order valence-electron chi connectivity index (χ2n) is 7.92. The topological polar surface area (TPSA) is 199 Å². The van der Waals surface area contributed by atoms with E-state index in [0.717, 1.165) is 22.3 Å². The van der Waals surface area contributed by atoms with Crippen LogP contribution in [0.25, 0.3) is 21.0 Å². The number of fused-ring (bicyclic) bond motifs is 2. The van der Waals surface area contributed by atoms with Crippen molar-refractivity contribution in [2.75, 3.05) is 5.32 Å². The maximum Gasteiger partial charge on any atom is 0.296 e. The van der Waals surface area contributed by atoms with Gasteiger partial charge in [0, 0.05) is 11.8 Å². The molecule has 5 aromatic rings. The first-order valence-corrected chi connectivity index (χ1v) is 14.2.